The molecule has 0 unspecified atom stereocenters. The molecule has 0 atom stereocenters. The number of para-hydroxylation sites is 1. The molecule has 7 nitrogen and oxygen atoms in total. The molecule has 2 heterocycles. The summed E-state index contributed by atoms with van der Waals surface area (Å²) in [5, 5.41) is 2.11. The highest BCUT2D eigenvalue weighted by Crippen LogP contribution is 2.26. The second kappa shape index (κ2) is 8.08. The Hall–Kier alpha value is -3.52. The first-order chi connectivity index (χ1) is 14.5. The highest BCUT2D eigenvalue weighted by atomic mass is 19.1. The minimum atomic E-state index is -0.980. The number of ether oxygens (including phenoxy) is 1. The number of nitrogens with zero attached hydrogens (tertiary/aromatic N) is 2. The Morgan fingerprint density at radius 2 is 1.80 bits per heavy atom. The van der Waals surface area contributed by atoms with E-state index in [0.717, 1.165) is 30.4 Å². The van der Waals surface area contributed by atoms with Crippen molar-refractivity contribution in [1.29, 1.82) is 0 Å². The summed E-state index contributed by atoms with van der Waals surface area (Å²) in [5.74, 6) is -2.42. The van der Waals surface area contributed by atoms with Gasteiger partial charge in [-0.2, -0.15) is 0 Å². The topological polar surface area (TPSA) is 79.0 Å². The average molecular weight is 409 g/mol. The van der Waals surface area contributed by atoms with Crippen LogP contribution in [-0.4, -0.2) is 44.1 Å². The van der Waals surface area contributed by atoms with Gasteiger partial charge in [-0.3, -0.25) is 14.9 Å². The number of amides is 4. The normalized spacial score (nSPS) is 18.7. The van der Waals surface area contributed by atoms with Crippen LogP contribution in [0.4, 0.5) is 20.6 Å². The van der Waals surface area contributed by atoms with Crippen molar-refractivity contribution in [2.45, 2.75) is 6.92 Å². The van der Waals surface area contributed by atoms with Gasteiger partial charge in [0.2, 0.25) is 0 Å². The summed E-state index contributed by atoms with van der Waals surface area (Å²) in [6, 6.07) is 10.1. The molecular weight excluding hydrogens is 389 g/mol. The molecule has 8 heteroatoms. The van der Waals surface area contributed by atoms with Crippen LogP contribution in [0.25, 0.3) is 6.08 Å². The summed E-state index contributed by atoms with van der Waals surface area (Å²) >= 11 is 0. The fourth-order valence-electron chi connectivity index (χ4n) is 3.50. The number of hydrogen-bond donors (Lipinski definition) is 1. The number of aryl methyl sites for hydroxylation is 1. The number of anilines is 2. The summed E-state index contributed by atoms with van der Waals surface area (Å²) in [7, 11) is 0. The Bertz CT molecular complexity index is 1060. The van der Waals surface area contributed by atoms with E-state index in [2.05, 4.69) is 10.2 Å². The van der Waals surface area contributed by atoms with Crippen LogP contribution in [0.15, 0.2) is 48.0 Å². The minimum absolute atomic E-state index is 0.210. The largest absolute Gasteiger partial charge is 0.378 e. The number of carbonyl (C=O) groups is 3. The van der Waals surface area contributed by atoms with Crippen molar-refractivity contribution in [3.05, 3.63) is 65.0 Å². The molecule has 0 aliphatic carbocycles. The van der Waals surface area contributed by atoms with Gasteiger partial charge in [0.1, 0.15) is 11.4 Å². The van der Waals surface area contributed by atoms with Crippen molar-refractivity contribution in [2.24, 2.45) is 0 Å². The van der Waals surface area contributed by atoms with Gasteiger partial charge in [0.15, 0.2) is 0 Å². The highest BCUT2D eigenvalue weighted by Gasteiger charge is 2.38. The number of barbiturate groups is 1. The third-order valence-electron chi connectivity index (χ3n) is 5.12. The van der Waals surface area contributed by atoms with Gasteiger partial charge in [-0.25, -0.2) is 14.1 Å². The second-order valence-corrected chi connectivity index (χ2v) is 7.05. The van der Waals surface area contributed by atoms with Crippen molar-refractivity contribution in [2.75, 3.05) is 36.1 Å². The van der Waals surface area contributed by atoms with Gasteiger partial charge >= 0.3 is 6.03 Å². The molecule has 4 rings (SSSR count). The number of rotatable bonds is 3. The van der Waals surface area contributed by atoms with Crippen LogP contribution in [0.3, 0.4) is 0 Å². The molecule has 2 aromatic carbocycles. The quantitative estimate of drug-likeness (QED) is 0.623. The Morgan fingerprint density at radius 3 is 2.50 bits per heavy atom. The third kappa shape index (κ3) is 3.69. The van der Waals surface area contributed by atoms with Crippen LogP contribution in [0, 0.1) is 12.7 Å². The van der Waals surface area contributed by atoms with Crippen molar-refractivity contribution < 1.29 is 23.5 Å². The van der Waals surface area contributed by atoms with Crippen LogP contribution in [0.5, 0.6) is 0 Å². The Morgan fingerprint density at radius 1 is 1.07 bits per heavy atom. The second-order valence-electron chi connectivity index (χ2n) is 7.05. The summed E-state index contributed by atoms with van der Waals surface area (Å²) in [5.41, 5.74) is 2.10. The van der Waals surface area contributed by atoms with Crippen LogP contribution in [0.1, 0.15) is 11.1 Å². The van der Waals surface area contributed by atoms with E-state index in [1.54, 1.807) is 0 Å². The smallest absolute Gasteiger partial charge is 0.336 e. The van der Waals surface area contributed by atoms with Crippen LogP contribution in [-0.2, 0) is 14.3 Å². The molecule has 0 bridgehead atoms. The number of carbonyl (C=O) groups excluding carboxylic acids is 3. The van der Waals surface area contributed by atoms with E-state index in [4.69, 9.17) is 4.74 Å². The third-order valence-corrected chi connectivity index (χ3v) is 5.12. The van der Waals surface area contributed by atoms with Gasteiger partial charge < -0.3 is 9.64 Å². The van der Waals surface area contributed by atoms with Crippen LogP contribution in [0.2, 0.25) is 0 Å². The number of benzene rings is 2. The van der Waals surface area contributed by atoms with Gasteiger partial charge in [0.25, 0.3) is 11.8 Å². The monoisotopic (exact) mass is 409 g/mol. The van der Waals surface area contributed by atoms with E-state index in [0.29, 0.717) is 23.7 Å². The molecule has 0 aromatic heterocycles. The first kappa shape index (κ1) is 19.8. The SMILES string of the molecule is Cc1cc(N2CCOCC2)ccc1/C=C1\C(=O)NC(=O)N(c2ccccc2F)C1=O. The lowest BCUT2D eigenvalue weighted by atomic mass is 10.0. The van der Waals surface area contributed by atoms with E-state index in [-0.39, 0.29) is 11.3 Å². The lowest BCUT2D eigenvalue weighted by molar-refractivity contribution is -0.122. The van der Waals surface area contributed by atoms with Crippen LogP contribution < -0.4 is 15.1 Å². The Kier molecular flexibility index (Phi) is 5.33. The summed E-state index contributed by atoms with van der Waals surface area (Å²) in [6.07, 6.45) is 1.43. The van der Waals surface area contributed by atoms with E-state index >= 15 is 0 Å². The molecule has 2 fully saturated rings. The zero-order valence-electron chi connectivity index (χ0n) is 16.4. The van der Waals surface area contributed by atoms with Crippen LogP contribution >= 0.6 is 0 Å². The number of urea groups is 1. The zero-order chi connectivity index (χ0) is 21.3. The predicted molar refractivity (Wildman–Crippen MR) is 110 cm³/mol. The molecule has 2 aromatic rings. The van der Waals surface area contributed by atoms with Gasteiger partial charge in [-0.15, -0.1) is 0 Å². The molecule has 154 valence electrons. The number of morpholine rings is 1. The molecule has 1 N–H and O–H groups in total. The summed E-state index contributed by atoms with van der Waals surface area (Å²) < 4.78 is 19.5. The van der Waals surface area contributed by atoms with Gasteiger partial charge in [-0.1, -0.05) is 18.2 Å². The number of hydrogen-bond acceptors (Lipinski definition) is 5. The molecule has 2 aliphatic rings. The molecular formula is C22H20FN3O4. The molecule has 30 heavy (non-hydrogen) atoms. The molecule has 0 radical (unpaired) electrons. The van der Waals surface area contributed by atoms with Crippen molar-refractivity contribution in [3.8, 4) is 0 Å². The molecule has 0 saturated carbocycles. The number of nitrogens with one attached hydrogen (secondary N) is 1. The minimum Gasteiger partial charge on any atom is -0.378 e. The van der Waals surface area contributed by atoms with E-state index < -0.39 is 23.7 Å². The lowest BCUT2D eigenvalue weighted by Gasteiger charge is -2.29. The zero-order valence-corrected chi connectivity index (χ0v) is 16.4. The van der Waals surface area contributed by atoms with Crippen molar-refractivity contribution in [1.82, 2.24) is 5.32 Å². The predicted octanol–water partition coefficient (Wildman–Crippen LogP) is 2.64. The Labute approximate surface area is 172 Å². The first-order valence-corrected chi connectivity index (χ1v) is 9.55. The average Bonchev–Trinajstić information content (AvgIpc) is 2.74. The highest BCUT2D eigenvalue weighted by molar-refractivity contribution is 6.39. The first-order valence-electron chi connectivity index (χ1n) is 9.55. The van der Waals surface area contributed by atoms with Gasteiger partial charge in [0.05, 0.1) is 18.9 Å². The van der Waals surface area contributed by atoms with E-state index in [1.165, 1.54) is 24.3 Å². The van der Waals surface area contributed by atoms with Crippen molar-refractivity contribution >= 4 is 35.3 Å². The molecule has 0 spiro atoms. The maximum Gasteiger partial charge on any atom is 0.336 e. The molecule has 4 amide bonds. The maximum absolute atomic E-state index is 14.2. The number of imide groups is 2. The standard InChI is InChI=1S/C22H20FN3O4/c1-14-12-16(25-8-10-30-11-9-25)7-6-15(14)13-17-20(27)24-22(29)26(21(17)28)19-5-3-2-4-18(19)23/h2-7,12-13H,8-11H2,1H3,(H,24,27,29)/b17-13+. The van der Waals surface area contributed by atoms with Gasteiger partial charge in [0, 0.05) is 18.8 Å². The fraction of sp³-hybridized carbons (Fsp3) is 0.227. The lowest BCUT2D eigenvalue weighted by Crippen LogP contribution is -2.54. The Balaban J connectivity index is 1.66. The van der Waals surface area contributed by atoms with Crippen molar-refractivity contribution in [3.63, 3.8) is 0 Å². The van der Waals surface area contributed by atoms with E-state index in [9.17, 15) is 18.8 Å². The fourth-order valence-corrected chi connectivity index (χ4v) is 3.50. The summed E-state index contributed by atoms with van der Waals surface area (Å²) in [4.78, 5) is 40.3. The molecule has 2 saturated heterocycles. The number of halogens is 1. The molecule has 2 aliphatic heterocycles. The van der Waals surface area contributed by atoms with E-state index in [1.807, 2.05) is 25.1 Å². The maximum atomic E-state index is 14.2. The summed E-state index contributed by atoms with van der Waals surface area (Å²) in [6.45, 7) is 4.79. The van der Waals surface area contributed by atoms with Gasteiger partial charge in [-0.05, 0) is 48.4 Å².